The highest BCUT2D eigenvalue weighted by Crippen LogP contribution is 2.31. The molecule has 8 nitrogen and oxygen atoms in total. The van der Waals surface area contributed by atoms with Crippen molar-refractivity contribution in [3.8, 4) is 11.5 Å². The Morgan fingerprint density at radius 3 is 2.46 bits per heavy atom. The van der Waals surface area contributed by atoms with Crippen LogP contribution in [-0.4, -0.2) is 59.6 Å². The molecule has 1 N–H and O–H groups in total. The lowest BCUT2D eigenvalue weighted by molar-refractivity contribution is -0.156. The second-order valence-corrected chi connectivity index (χ2v) is 10.5. The van der Waals surface area contributed by atoms with Crippen LogP contribution in [0.1, 0.15) is 17.0 Å². The summed E-state index contributed by atoms with van der Waals surface area (Å²) >= 11 is 0. The number of halogens is 4. The number of nitrogens with zero attached hydrogens (tertiary/aromatic N) is 4. The molecule has 0 saturated carbocycles. The van der Waals surface area contributed by atoms with E-state index in [2.05, 4.69) is 14.6 Å². The van der Waals surface area contributed by atoms with E-state index in [1.165, 1.54) is 17.0 Å². The Morgan fingerprint density at radius 2 is 1.86 bits per heavy atom. The van der Waals surface area contributed by atoms with Crippen molar-refractivity contribution in [3.05, 3.63) is 65.3 Å². The summed E-state index contributed by atoms with van der Waals surface area (Å²) in [6.45, 7) is 1.99. The van der Waals surface area contributed by atoms with Gasteiger partial charge in [0.1, 0.15) is 5.82 Å². The Labute approximate surface area is 198 Å². The van der Waals surface area contributed by atoms with E-state index in [0.29, 0.717) is 5.69 Å². The fourth-order valence-electron chi connectivity index (χ4n) is 3.71. The molecule has 3 aromatic rings. The molecule has 2 heterocycles. The topological polar surface area (TPSA) is 99.8 Å². The number of aliphatic hydroxyl groups is 1. The first kappa shape index (κ1) is 25.1. The van der Waals surface area contributed by atoms with E-state index in [-0.39, 0.29) is 42.3 Å². The fraction of sp³-hybridized carbons (Fsp3) is 0.364. The zero-order valence-electron chi connectivity index (χ0n) is 18.5. The summed E-state index contributed by atoms with van der Waals surface area (Å²) in [5.74, 6) is -2.96. The maximum Gasteiger partial charge on any atom is 0.470 e. The molecule has 1 saturated heterocycles. The van der Waals surface area contributed by atoms with Gasteiger partial charge in [-0.25, -0.2) is 12.8 Å². The van der Waals surface area contributed by atoms with Gasteiger partial charge in [-0.1, -0.05) is 18.2 Å². The minimum atomic E-state index is -4.82. The molecule has 1 atom stereocenters. The Morgan fingerprint density at radius 1 is 1.14 bits per heavy atom. The molecule has 0 bridgehead atoms. The molecule has 1 fully saturated rings. The van der Waals surface area contributed by atoms with Crippen molar-refractivity contribution in [1.29, 1.82) is 0 Å². The second-order valence-electron chi connectivity index (χ2n) is 8.22. The zero-order chi connectivity index (χ0) is 25.4. The van der Waals surface area contributed by atoms with Gasteiger partial charge in [-0.15, -0.1) is 10.2 Å². The van der Waals surface area contributed by atoms with Gasteiger partial charge in [0.2, 0.25) is 5.89 Å². The molecule has 188 valence electrons. The van der Waals surface area contributed by atoms with E-state index in [1.54, 1.807) is 23.1 Å². The molecule has 35 heavy (non-hydrogen) atoms. The largest absolute Gasteiger partial charge is 0.470 e. The minimum absolute atomic E-state index is 0.0295. The second kappa shape index (κ2) is 9.55. The molecule has 0 radical (unpaired) electrons. The molecule has 1 unspecified atom stereocenters. The molecule has 13 heteroatoms. The number of aromatic nitrogens is 2. The maximum atomic E-state index is 15.0. The van der Waals surface area contributed by atoms with E-state index < -0.39 is 40.0 Å². The third-order valence-electron chi connectivity index (χ3n) is 5.63. The molecular formula is C22H22F4N4O4S. The average molecular weight is 515 g/mol. The summed E-state index contributed by atoms with van der Waals surface area (Å²) in [6, 6.07) is 10.9. The van der Waals surface area contributed by atoms with Crippen molar-refractivity contribution in [2.45, 2.75) is 26.0 Å². The van der Waals surface area contributed by atoms with E-state index in [4.69, 9.17) is 0 Å². The SMILES string of the molecule is Cc1cccc(N(Cc2ccc(-c3nnc(C(F)(F)F)o3)cc2F)C(O)N2CCS(=O)(=O)CC2)c1. The molecule has 0 spiro atoms. The summed E-state index contributed by atoms with van der Waals surface area (Å²) in [5.41, 5.74) is 1.60. The van der Waals surface area contributed by atoms with Crippen molar-refractivity contribution < 1.29 is 35.5 Å². The van der Waals surface area contributed by atoms with E-state index in [0.717, 1.165) is 11.6 Å². The van der Waals surface area contributed by atoms with Gasteiger partial charge in [-0.2, -0.15) is 13.2 Å². The van der Waals surface area contributed by atoms with Crippen LogP contribution in [0.25, 0.3) is 11.5 Å². The Kier molecular flexibility index (Phi) is 6.84. The summed E-state index contributed by atoms with van der Waals surface area (Å²) in [7, 11) is -3.17. The molecule has 1 aliphatic heterocycles. The summed E-state index contributed by atoms with van der Waals surface area (Å²) in [4.78, 5) is 3.12. The molecular weight excluding hydrogens is 492 g/mol. The van der Waals surface area contributed by atoms with Crippen molar-refractivity contribution in [2.24, 2.45) is 0 Å². The quantitative estimate of drug-likeness (QED) is 0.396. The Hall–Kier alpha value is -3.03. The predicted molar refractivity (Wildman–Crippen MR) is 118 cm³/mol. The number of aliphatic hydroxyl groups excluding tert-OH is 1. The molecule has 1 aromatic heterocycles. The first-order valence-corrected chi connectivity index (χ1v) is 12.4. The number of sulfone groups is 1. The van der Waals surface area contributed by atoms with Gasteiger partial charge in [0.25, 0.3) is 0 Å². The first-order valence-electron chi connectivity index (χ1n) is 10.6. The van der Waals surface area contributed by atoms with E-state index in [1.807, 2.05) is 13.0 Å². The van der Waals surface area contributed by atoms with Crippen molar-refractivity contribution in [2.75, 3.05) is 29.5 Å². The lowest BCUT2D eigenvalue weighted by Crippen LogP contribution is -2.53. The predicted octanol–water partition coefficient (Wildman–Crippen LogP) is 3.22. The zero-order valence-corrected chi connectivity index (χ0v) is 19.4. The number of aryl methyl sites for hydroxylation is 1. The number of hydrogen-bond acceptors (Lipinski definition) is 8. The molecule has 2 aromatic carbocycles. The highest BCUT2D eigenvalue weighted by atomic mass is 32.2. The summed E-state index contributed by atoms with van der Waals surface area (Å²) < 4.78 is 81.4. The van der Waals surface area contributed by atoms with Gasteiger partial charge in [-0.05, 0) is 36.8 Å². The van der Waals surface area contributed by atoms with E-state index in [9.17, 15) is 26.7 Å². The number of hydrogen-bond donors (Lipinski definition) is 1. The van der Waals surface area contributed by atoms with Crippen LogP contribution in [0.15, 0.2) is 46.9 Å². The Balaban J connectivity index is 1.61. The minimum Gasteiger partial charge on any atom is -0.413 e. The smallest absolute Gasteiger partial charge is 0.413 e. The number of anilines is 1. The average Bonchev–Trinajstić information content (AvgIpc) is 3.29. The van der Waals surface area contributed by atoms with E-state index >= 15 is 4.39 Å². The van der Waals surface area contributed by atoms with Crippen molar-refractivity contribution in [1.82, 2.24) is 15.1 Å². The van der Waals surface area contributed by atoms with Crippen LogP contribution in [0, 0.1) is 12.7 Å². The molecule has 4 rings (SSSR count). The standard InChI is InChI=1S/C22H22F4N4O4S/c1-14-3-2-4-17(11-14)30(21(31)29-7-9-35(32,33)10-8-29)13-16-6-5-15(12-18(16)23)19-27-28-20(34-19)22(24,25)26/h2-6,11-12,21,31H,7-10,13H2,1H3. The molecule has 1 aliphatic rings. The lowest BCUT2D eigenvalue weighted by Gasteiger charge is -2.39. The van der Waals surface area contributed by atoms with Gasteiger partial charge in [0, 0.05) is 36.4 Å². The lowest BCUT2D eigenvalue weighted by atomic mass is 10.1. The highest BCUT2D eigenvalue weighted by Gasteiger charge is 2.38. The maximum absolute atomic E-state index is 15.0. The van der Waals surface area contributed by atoms with Crippen LogP contribution < -0.4 is 4.90 Å². The first-order chi connectivity index (χ1) is 16.4. The van der Waals surface area contributed by atoms with Crippen LogP contribution in [0.3, 0.4) is 0 Å². The Bertz CT molecular complexity index is 1300. The van der Waals surface area contributed by atoms with Crippen LogP contribution in [-0.2, 0) is 22.6 Å². The van der Waals surface area contributed by atoms with Crippen LogP contribution in [0.5, 0.6) is 0 Å². The van der Waals surface area contributed by atoms with Gasteiger partial charge >= 0.3 is 12.1 Å². The normalized spacial score (nSPS) is 17.3. The van der Waals surface area contributed by atoms with Crippen molar-refractivity contribution >= 4 is 15.5 Å². The number of rotatable bonds is 6. The number of benzene rings is 2. The molecule has 0 amide bonds. The van der Waals surface area contributed by atoms with Crippen LogP contribution in [0.2, 0.25) is 0 Å². The summed E-state index contributed by atoms with van der Waals surface area (Å²) in [5, 5.41) is 17.4. The van der Waals surface area contributed by atoms with Gasteiger partial charge in [-0.3, -0.25) is 4.90 Å². The third-order valence-corrected chi connectivity index (χ3v) is 7.24. The number of alkyl halides is 3. The van der Waals surface area contributed by atoms with Gasteiger partial charge in [0.15, 0.2) is 16.2 Å². The van der Waals surface area contributed by atoms with Crippen LogP contribution in [0.4, 0.5) is 23.2 Å². The summed E-state index contributed by atoms with van der Waals surface area (Å²) in [6.07, 6.45) is -6.06. The van der Waals surface area contributed by atoms with Gasteiger partial charge in [0.05, 0.1) is 11.5 Å². The third kappa shape index (κ3) is 5.80. The van der Waals surface area contributed by atoms with Crippen LogP contribution >= 0.6 is 0 Å². The highest BCUT2D eigenvalue weighted by molar-refractivity contribution is 7.91. The fourth-order valence-corrected chi connectivity index (χ4v) is 4.94. The molecule has 0 aliphatic carbocycles. The van der Waals surface area contributed by atoms with Gasteiger partial charge < -0.3 is 14.4 Å². The van der Waals surface area contributed by atoms with Crippen molar-refractivity contribution in [3.63, 3.8) is 0 Å². The monoisotopic (exact) mass is 514 g/mol.